The third kappa shape index (κ3) is 3.96. The number of methoxy groups -OCH3 is 2. The number of benzene rings is 2. The largest absolute Gasteiger partial charge is 0.494 e. The molecule has 0 aliphatic rings. The number of nitrogens with one attached hydrogen (secondary N) is 1. The van der Waals surface area contributed by atoms with Gasteiger partial charge >= 0.3 is 0 Å². The number of hydrogen-bond donors (Lipinski definition) is 2. The second-order valence-corrected chi connectivity index (χ2v) is 8.27. The Bertz CT molecular complexity index is 1280. The number of H-pyrrole nitrogens is 1. The summed E-state index contributed by atoms with van der Waals surface area (Å²) in [6.45, 7) is 2.58. The predicted molar refractivity (Wildman–Crippen MR) is 119 cm³/mol. The lowest BCUT2D eigenvalue weighted by atomic mass is 10.2. The number of ether oxygens (including phenoxy) is 3. The van der Waals surface area contributed by atoms with E-state index in [1.54, 1.807) is 30.6 Å². The van der Waals surface area contributed by atoms with E-state index in [2.05, 4.69) is 15.0 Å². The molecule has 2 aromatic heterocycles. The highest BCUT2D eigenvalue weighted by atomic mass is 32.2. The summed E-state index contributed by atoms with van der Waals surface area (Å²) in [6.07, 6.45) is 0. The fourth-order valence-corrected chi connectivity index (χ4v) is 4.78. The Hall–Kier alpha value is -2.91. The Morgan fingerprint density at radius 1 is 1.10 bits per heavy atom. The highest BCUT2D eigenvalue weighted by molar-refractivity contribution is 7.99. The number of thiol groups is 1. The van der Waals surface area contributed by atoms with E-state index in [1.165, 1.54) is 7.11 Å². The number of fused-ring (bicyclic) bond motifs is 2. The predicted octanol–water partition coefficient (Wildman–Crippen LogP) is 3.62. The maximum atomic E-state index is 12.5. The van der Waals surface area contributed by atoms with Crippen LogP contribution in [0.15, 0.2) is 39.5 Å². The summed E-state index contributed by atoms with van der Waals surface area (Å²) in [5, 5.41) is 2.28. The van der Waals surface area contributed by atoms with Gasteiger partial charge in [-0.2, -0.15) is 0 Å². The van der Waals surface area contributed by atoms with E-state index in [1.807, 2.05) is 30.5 Å². The van der Waals surface area contributed by atoms with Crippen LogP contribution < -0.4 is 19.8 Å². The fraction of sp³-hybridized carbons (Fsp3) is 0.200. The van der Waals surface area contributed by atoms with Crippen LogP contribution in [0.2, 0.25) is 0 Å². The van der Waals surface area contributed by atoms with Crippen molar-refractivity contribution < 1.29 is 14.2 Å². The van der Waals surface area contributed by atoms with Crippen molar-refractivity contribution in [2.24, 2.45) is 0 Å². The summed E-state index contributed by atoms with van der Waals surface area (Å²) in [5.74, 6) is 2.33. The Balaban J connectivity index is 1.69. The van der Waals surface area contributed by atoms with Crippen molar-refractivity contribution in [1.82, 2.24) is 15.0 Å². The van der Waals surface area contributed by atoms with Gasteiger partial charge in [-0.25, -0.2) is 9.97 Å². The van der Waals surface area contributed by atoms with E-state index >= 15 is 0 Å². The molecule has 2 aromatic carbocycles. The minimum absolute atomic E-state index is 0.233. The van der Waals surface area contributed by atoms with Gasteiger partial charge in [0.25, 0.3) is 5.56 Å². The standard InChI is InChI=1S/C20H19N3O4S2/c1-4-27-11-5-6-13-17(7-11)29-20(22-13)28-10-18-21-14-9-16(26-3)15(25-2)8-12(14)19(24)23-18/h5-10,28H,4H2,1-3H3,(H,21,23,24). The van der Waals surface area contributed by atoms with E-state index < -0.39 is 0 Å². The highest BCUT2D eigenvalue weighted by Crippen LogP contribution is 2.31. The average Bonchev–Trinajstić information content (AvgIpc) is 3.14. The Labute approximate surface area is 174 Å². The number of aromatic nitrogens is 3. The lowest BCUT2D eigenvalue weighted by molar-refractivity contribution is 0.341. The summed E-state index contributed by atoms with van der Waals surface area (Å²) in [4.78, 5) is 24.4. The van der Waals surface area contributed by atoms with Gasteiger partial charge in [0.15, 0.2) is 11.5 Å². The molecular formula is C20H19N3O4S2. The zero-order valence-corrected chi connectivity index (χ0v) is 17.8. The minimum Gasteiger partial charge on any atom is -0.494 e. The molecule has 0 aliphatic heterocycles. The van der Waals surface area contributed by atoms with E-state index in [0.717, 1.165) is 31.7 Å². The van der Waals surface area contributed by atoms with Crippen LogP contribution in [0.3, 0.4) is 0 Å². The van der Waals surface area contributed by atoms with Crippen LogP contribution in [0.5, 0.6) is 17.2 Å². The van der Waals surface area contributed by atoms with Crippen LogP contribution in [0.4, 0.5) is 0 Å². The molecular weight excluding hydrogens is 410 g/mol. The second kappa shape index (κ2) is 8.22. The van der Waals surface area contributed by atoms with Crippen molar-refractivity contribution in [2.75, 3.05) is 20.8 Å². The van der Waals surface area contributed by atoms with Gasteiger partial charge in [-0.05, 0) is 31.2 Å². The maximum Gasteiger partial charge on any atom is 0.259 e. The number of thiazole rings is 1. The van der Waals surface area contributed by atoms with Gasteiger partial charge in [0, 0.05) is 11.4 Å². The molecule has 29 heavy (non-hydrogen) atoms. The molecule has 7 nitrogen and oxygen atoms in total. The molecule has 4 aromatic rings. The molecule has 0 aliphatic carbocycles. The first-order chi connectivity index (χ1) is 14.1. The summed E-state index contributed by atoms with van der Waals surface area (Å²) in [6, 6.07) is 9.19. The Morgan fingerprint density at radius 3 is 2.66 bits per heavy atom. The number of nitrogens with zero attached hydrogens (tertiary/aromatic N) is 2. The quantitative estimate of drug-likeness (QED) is 0.360. The van der Waals surface area contributed by atoms with Crippen molar-refractivity contribution >= 4 is 49.2 Å². The van der Waals surface area contributed by atoms with Gasteiger partial charge in [0.2, 0.25) is 0 Å². The van der Waals surface area contributed by atoms with Crippen molar-refractivity contribution in [1.29, 1.82) is 0 Å². The van der Waals surface area contributed by atoms with Crippen molar-refractivity contribution in [3.05, 3.63) is 46.5 Å². The fourth-order valence-electron chi connectivity index (χ4n) is 2.87. The van der Waals surface area contributed by atoms with E-state index in [4.69, 9.17) is 14.2 Å². The molecule has 0 amide bonds. The molecule has 0 saturated heterocycles. The van der Waals surface area contributed by atoms with Gasteiger partial charge in [0.05, 0.1) is 41.9 Å². The van der Waals surface area contributed by atoms with Crippen LogP contribution >= 0.6 is 22.7 Å². The monoisotopic (exact) mass is 429 g/mol. The zero-order valence-electron chi connectivity index (χ0n) is 16.1. The maximum absolute atomic E-state index is 12.5. The molecule has 0 unspecified atom stereocenters. The first kappa shape index (κ1) is 19.4. The second-order valence-electron chi connectivity index (χ2n) is 5.99. The summed E-state index contributed by atoms with van der Waals surface area (Å²) >= 11 is 2.43. The van der Waals surface area contributed by atoms with E-state index in [-0.39, 0.29) is 5.56 Å². The highest BCUT2D eigenvalue weighted by Gasteiger charge is 2.10. The van der Waals surface area contributed by atoms with Crippen LogP contribution in [-0.2, 0) is 0 Å². The molecule has 4 rings (SSSR count). The van der Waals surface area contributed by atoms with E-state index in [9.17, 15) is 4.79 Å². The van der Waals surface area contributed by atoms with Crippen LogP contribution in [0, 0.1) is 0 Å². The Kier molecular flexibility index (Phi) is 5.50. The van der Waals surface area contributed by atoms with Crippen molar-refractivity contribution in [3.8, 4) is 17.2 Å². The van der Waals surface area contributed by atoms with Crippen LogP contribution in [0.1, 0.15) is 12.7 Å². The van der Waals surface area contributed by atoms with E-state index in [0.29, 0.717) is 34.8 Å². The molecule has 0 spiro atoms. The molecule has 0 bridgehead atoms. The normalized spacial score (nSPS) is 11.7. The van der Waals surface area contributed by atoms with Gasteiger partial charge in [-0.3, -0.25) is 4.79 Å². The summed E-state index contributed by atoms with van der Waals surface area (Å²) in [7, 11) is 3.08. The Morgan fingerprint density at radius 2 is 1.90 bits per heavy atom. The SMILES string of the molecule is CCOc1ccc2nc([SH]=Cc3nc4cc(OC)c(OC)cc4c(=O)[nH]3)sc2c1. The first-order valence-electron chi connectivity index (χ1n) is 8.84. The molecule has 0 saturated carbocycles. The lowest BCUT2D eigenvalue weighted by Crippen LogP contribution is -2.11. The van der Waals surface area contributed by atoms with Gasteiger partial charge < -0.3 is 19.2 Å². The third-order valence-corrected chi connectivity index (χ3v) is 6.29. The summed E-state index contributed by atoms with van der Waals surface area (Å²) in [5.41, 5.74) is 1.23. The van der Waals surface area contributed by atoms with Crippen LogP contribution in [0.25, 0.3) is 21.1 Å². The first-order valence-corrected chi connectivity index (χ1v) is 10.6. The smallest absolute Gasteiger partial charge is 0.259 e. The minimum atomic E-state index is -0.233. The van der Waals surface area contributed by atoms with Crippen molar-refractivity contribution in [3.63, 3.8) is 0 Å². The van der Waals surface area contributed by atoms with Gasteiger partial charge in [0.1, 0.15) is 15.9 Å². The molecule has 1 N–H and O–H groups in total. The molecule has 9 heteroatoms. The average molecular weight is 430 g/mol. The number of rotatable bonds is 6. The zero-order chi connectivity index (χ0) is 20.4. The molecule has 0 fully saturated rings. The van der Waals surface area contributed by atoms with Gasteiger partial charge in [-0.15, -0.1) is 22.7 Å². The number of aromatic amines is 1. The molecule has 0 atom stereocenters. The molecule has 2 heterocycles. The van der Waals surface area contributed by atoms with Crippen molar-refractivity contribution in [2.45, 2.75) is 11.3 Å². The summed E-state index contributed by atoms with van der Waals surface area (Å²) < 4.78 is 18.1. The topological polar surface area (TPSA) is 86.3 Å². The molecule has 150 valence electrons. The van der Waals surface area contributed by atoms with Crippen LogP contribution in [-0.4, -0.2) is 41.1 Å². The molecule has 0 radical (unpaired) electrons. The lowest BCUT2D eigenvalue weighted by Gasteiger charge is -2.08. The third-order valence-electron chi connectivity index (χ3n) is 4.19. The van der Waals surface area contributed by atoms with Gasteiger partial charge in [-0.1, -0.05) is 0 Å². The number of hydrogen-bond acceptors (Lipinski definition) is 7.